The third-order valence-electron chi connectivity index (χ3n) is 4.61. The molecule has 0 aliphatic carbocycles. The average Bonchev–Trinajstić information content (AvgIpc) is 3.08. The highest BCUT2D eigenvalue weighted by molar-refractivity contribution is 9.10. The quantitative estimate of drug-likeness (QED) is 0.326. The maximum absolute atomic E-state index is 13.3. The van der Waals surface area contributed by atoms with E-state index in [9.17, 15) is 26.4 Å². The molecule has 0 aliphatic rings. The van der Waals surface area contributed by atoms with E-state index >= 15 is 0 Å². The second-order valence-corrected chi connectivity index (χ2v) is 9.94. The molecule has 3 rings (SSSR count). The van der Waals surface area contributed by atoms with Gasteiger partial charge in [-0.2, -0.15) is 18.3 Å². The summed E-state index contributed by atoms with van der Waals surface area (Å²) >= 11 is 3.27. The molecule has 0 atom stereocenters. The first-order chi connectivity index (χ1) is 15.9. The van der Waals surface area contributed by atoms with Crippen molar-refractivity contribution in [2.24, 2.45) is 5.10 Å². The van der Waals surface area contributed by atoms with E-state index in [-0.39, 0.29) is 10.6 Å². The summed E-state index contributed by atoms with van der Waals surface area (Å²) < 4.78 is 72.9. The molecule has 0 fully saturated rings. The number of alkyl halides is 3. The van der Waals surface area contributed by atoms with Gasteiger partial charge in [0.25, 0.3) is 15.9 Å². The van der Waals surface area contributed by atoms with Gasteiger partial charge in [-0.15, -0.1) is 0 Å². The summed E-state index contributed by atoms with van der Waals surface area (Å²) in [5.41, 5.74) is 1.58. The molecule has 3 aromatic rings. The van der Waals surface area contributed by atoms with Crippen molar-refractivity contribution in [3.63, 3.8) is 0 Å². The number of sulfonamides is 1. The van der Waals surface area contributed by atoms with Crippen molar-refractivity contribution in [2.75, 3.05) is 10.8 Å². The lowest BCUT2D eigenvalue weighted by molar-refractivity contribution is -0.137. The van der Waals surface area contributed by atoms with Gasteiger partial charge in [0.15, 0.2) is 0 Å². The number of hydrogen-bond acceptors (Lipinski definition) is 5. The number of nitrogens with zero attached hydrogens (tertiary/aromatic N) is 2. The van der Waals surface area contributed by atoms with Crippen molar-refractivity contribution in [3.8, 4) is 0 Å². The molecular weight excluding hydrogens is 539 g/mol. The normalized spacial score (nSPS) is 12.2. The van der Waals surface area contributed by atoms with Gasteiger partial charge in [0.05, 0.1) is 26.8 Å². The fourth-order valence-corrected chi connectivity index (χ4v) is 4.59. The van der Waals surface area contributed by atoms with Gasteiger partial charge >= 0.3 is 6.18 Å². The highest BCUT2D eigenvalue weighted by Gasteiger charge is 2.33. The lowest BCUT2D eigenvalue weighted by Crippen LogP contribution is -2.39. The molecule has 12 heteroatoms. The van der Waals surface area contributed by atoms with Crippen LogP contribution in [0.1, 0.15) is 22.6 Å². The number of halogens is 4. The van der Waals surface area contributed by atoms with E-state index in [4.69, 9.17) is 4.42 Å². The molecule has 0 saturated carbocycles. The van der Waals surface area contributed by atoms with Crippen molar-refractivity contribution >= 4 is 43.8 Å². The number of furan rings is 1. The number of carbonyl (C=O) groups excluding carboxylic acids is 1. The first-order valence-electron chi connectivity index (χ1n) is 9.72. The Labute approximate surface area is 202 Å². The number of rotatable bonds is 7. The Hall–Kier alpha value is -3.12. The summed E-state index contributed by atoms with van der Waals surface area (Å²) in [7, 11) is -4.38. The van der Waals surface area contributed by atoms with Crippen molar-refractivity contribution in [3.05, 3.63) is 81.7 Å². The Bertz CT molecular complexity index is 1300. The number of aryl methyl sites for hydroxylation is 2. The number of anilines is 1. The Morgan fingerprint density at radius 1 is 1.15 bits per heavy atom. The molecule has 7 nitrogen and oxygen atoms in total. The molecule has 0 bridgehead atoms. The summed E-state index contributed by atoms with van der Waals surface area (Å²) in [4.78, 5) is 12.3. The molecule has 0 unspecified atom stereocenters. The van der Waals surface area contributed by atoms with Crippen LogP contribution < -0.4 is 9.73 Å². The third kappa shape index (κ3) is 6.06. The standard InChI is InChI=1S/C22H19BrF3N3O4S/c1-14-6-8-19(9-7-14)34(31,32)29(17-5-3-4-16(10-17)22(24,25)26)13-21(30)28-27-12-18-11-20(23)15(2)33-18/h3-12H,13H2,1-2H3,(H,28,30). The van der Waals surface area contributed by atoms with E-state index in [0.717, 1.165) is 17.7 Å². The highest BCUT2D eigenvalue weighted by Crippen LogP contribution is 2.33. The molecule has 1 aromatic heterocycles. The number of benzene rings is 2. The minimum atomic E-state index is -4.70. The van der Waals surface area contributed by atoms with Crippen molar-refractivity contribution < 1.29 is 30.8 Å². The number of hydrazone groups is 1. The van der Waals surface area contributed by atoms with Crippen LogP contribution in [0.15, 0.2) is 73.5 Å². The fourth-order valence-electron chi connectivity index (χ4n) is 2.87. The Balaban J connectivity index is 1.91. The van der Waals surface area contributed by atoms with Gasteiger partial charge in [0.2, 0.25) is 0 Å². The van der Waals surface area contributed by atoms with E-state index in [1.165, 1.54) is 24.4 Å². The van der Waals surface area contributed by atoms with Gasteiger partial charge < -0.3 is 4.42 Å². The summed E-state index contributed by atoms with van der Waals surface area (Å²) in [5, 5.41) is 3.73. The zero-order chi connectivity index (χ0) is 25.1. The first-order valence-corrected chi connectivity index (χ1v) is 12.0. The zero-order valence-electron chi connectivity index (χ0n) is 17.9. The van der Waals surface area contributed by atoms with Crippen molar-refractivity contribution in [1.82, 2.24) is 5.43 Å². The summed E-state index contributed by atoms with van der Waals surface area (Å²) in [6.07, 6.45) is -3.49. The molecule has 0 saturated heterocycles. The van der Waals surface area contributed by atoms with Crippen LogP contribution in [-0.2, 0) is 21.0 Å². The largest absolute Gasteiger partial charge is 0.459 e. The van der Waals surface area contributed by atoms with E-state index < -0.39 is 34.2 Å². The SMILES string of the molecule is Cc1ccc(S(=O)(=O)N(CC(=O)NN=Cc2cc(Br)c(C)o2)c2cccc(C(F)(F)F)c2)cc1. The van der Waals surface area contributed by atoms with Crippen LogP contribution in [0.4, 0.5) is 18.9 Å². The van der Waals surface area contributed by atoms with Crippen LogP contribution in [-0.4, -0.2) is 27.1 Å². The molecule has 1 N–H and O–H groups in total. The second kappa shape index (κ2) is 10.0. The lowest BCUT2D eigenvalue weighted by Gasteiger charge is -2.24. The van der Waals surface area contributed by atoms with Crippen molar-refractivity contribution in [1.29, 1.82) is 0 Å². The number of nitrogens with one attached hydrogen (secondary N) is 1. The highest BCUT2D eigenvalue weighted by atomic mass is 79.9. The minimum absolute atomic E-state index is 0.178. The molecule has 1 heterocycles. The van der Waals surface area contributed by atoms with Crippen LogP contribution in [0.5, 0.6) is 0 Å². The Kier molecular flexibility index (Phi) is 7.51. The van der Waals surface area contributed by atoms with E-state index in [0.29, 0.717) is 26.4 Å². The summed E-state index contributed by atoms with van der Waals surface area (Å²) in [6.45, 7) is 2.66. The number of hydrogen-bond donors (Lipinski definition) is 1. The van der Waals surface area contributed by atoms with E-state index in [1.807, 2.05) is 0 Å². The monoisotopic (exact) mass is 557 g/mol. The molecule has 0 aliphatic heterocycles. The van der Waals surface area contributed by atoms with E-state index in [2.05, 4.69) is 26.5 Å². The van der Waals surface area contributed by atoms with Crippen LogP contribution >= 0.6 is 15.9 Å². The predicted molar refractivity (Wildman–Crippen MR) is 124 cm³/mol. The van der Waals surface area contributed by atoms with Crippen LogP contribution in [0, 0.1) is 13.8 Å². The van der Waals surface area contributed by atoms with E-state index in [1.54, 1.807) is 32.0 Å². The van der Waals surface area contributed by atoms with Crippen LogP contribution in [0.25, 0.3) is 0 Å². The molecule has 1 amide bonds. The lowest BCUT2D eigenvalue weighted by atomic mass is 10.2. The van der Waals surface area contributed by atoms with Crippen LogP contribution in [0.2, 0.25) is 0 Å². The molecule has 0 spiro atoms. The third-order valence-corrected chi connectivity index (χ3v) is 7.19. The maximum atomic E-state index is 13.3. The fraction of sp³-hybridized carbons (Fsp3) is 0.182. The minimum Gasteiger partial charge on any atom is -0.459 e. The van der Waals surface area contributed by atoms with Gasteiger partial charge in [-0.05, 0) is 60.1 Å². The smallest absolute Gasteiger partial charge is 0.416 e. The molecule has 2 aromatic carbocycles. The predicted octanol–water partition coefficient (Wildman–Crippen LogP) is 5.02. The second-order valence-electron chi connectivity index (χ2n) is 7.22. The molecular formula is C22H19BrF3N3O4S. The van der Waals surface area contributed by atoms with Gasteiger partial charge in [0, 0.05) is 6.07 Å². The molecule has 0 radical (unpaired) electrons. The van der Waals surface area contributed by atoms with Gasteiger partial charge in [-0.25, -0.2) is 13.8 Å². The van der Waals surface area contributed by atoms with Crippen molar-refractivity contribution in [2.45, 2.75) is 24.9 Å². The zero-order valence-corrected chi connectivity index (χ0v) is 20.3. The van der Waals surface area contributed by atoms with Gasteiger partial charge in [-0.1, -0.05) is 23.8 Å². The molecule has 34 heavy (non-hydrogen) atoms. The summed E-state index contributed by atoms with van der Waals surface area (Å²) in [5.74, 6) is 0.0473. The number of carbonyl (C=O) groups is 1. The Morgan fingerprint density at radius 3 is 2.41 bits per heavy atom. The first kappa shape index (κ1) is 25.5. The number of amides is 1. The van der Waals surface area contributed by atoms with Gasteiger partial charge in [0.1, 0.15) is 18.1 Å². The topological polar surface area (TPSA) is 92.0 Å². The maximum Gasteiger partial charge on any atom is 0.416 e. The van der Waals surface area contributed by atoms with Gasteiger partial charge in [-0.3, -0.25) is 9.10 Å². The Morgan fingerprint density at radius 2 is 1.82 bits per heavy atom. The average molecular weight is 558 g/mol. The molecule has 180 valence electrons. The summed E-state index contributed by atoms with van der Waals surface area (Å²) in [6, 6.07) is 11.1. The van der Waals surface area contributed by atoms with Crippen LogP contribution in [0.3, 0.4) is 0 Å².